The molecule has 1 rings (SSSR count). The Balaban J connectivity index is 2.86. The molecule has 0 aromatic carbocycles. The maximum absolute atomic E-state index is 11.5. The Hall–Kier alpha value is -2.05. The molecule has 0 aliphatic heterocycles. The van der Waals surface area contributed by atoms with Gasteiger partial charge in [0.15, 0.2) is 0 Å². The smallest absolute Gasteiger partial charge is 0.272 e. The summed E-state index contributed by atoms with van der Waals surface area (Å²) in [6.45, 7) is 1.47. The topological polar surface area (TPSA) is 116 Å². The minimum Gasteiger partial charge on any atom is -0.395 e. The second kappa shape index (κ2) is 3.99. The Morgan fingerprint density at radius 3 is 2.53 bits per heavy atom. The molecule has 1 aromatic heterocycles. The van der Waals surface area contributed by atoms with E-state index in [-0.39, 0.29) is 12.2 Å². The fourth-order valence-corrected chi connectivity index (χ4v) is 1.19. The van der Waals surface area contributed by atoms with E-state index in [0.717, 1.165) is 0 Å². The van der Waals surface area contributed by atoms with Crippen LogP contribution in [0.1, 0.15) is 16.2 Å². The lowest BCUT2D eigenvalue weighted by Crippen LogP contribution is -2.34. The van der Waals surface area contributed by atoms with Crippen LogP contribution < -0.4 is 16.8 Å². The predicted molar refractivity (Wildman–Crippen MR) is 53.9 cm³/mol. The van der Waals surface area contributed by atoms with Crippen LogP contribution in [0, 0.1) is 6.92 Å². The molecule has 15 heavy (non-hydrogen) atoms. The van der Waals surface area contributed by atoms with Crippen molar-refractivity contribution < 1.29 is 9.59 Å². The maximum Gasteiger partial charge on any atom is 0.272 e. The third-order valence-electron chi connectivity index (χ3n) is 1.91. The predicted octanol–water partition coefficient (Wildman–Crippen LogP) is -1.47. The van der Waals surface area contributed by atoms with Crippen molar-refractivity contribution in [3.8, 4) is 0 Å². The summed E-state index contributed by atoms with van der Waals surface area (Å²) in [5.41, 5.74) is 11.6. The van der Waals surface area contributed by atoms with Crippen molar-refractivity contribution in [3.63, 3.8) is 0 Å². The number of rotatable bonds is 3. The van der Waals surface area contributed by atoms with Crippen LogP contribution in [-0.2, 0) is 11.8 Å². The first kappa shape index (κ1) is 11.0. The number of nitrogens with two attached hydrogens (primary N) is 2. The number of aromatic nitrogens is 2. The Kier molecular flexibility index (Phi) is 2.93. The molecule has 0 aliphatic rings. The Bertz CT molecular complexity index is 409. The minimum absolute atomic E-state index is 0.220. The molecule has 0 unspecified atom stereocenters. The number of hydrogen-bond donors (Lipinski definition) is 3. The number of carbonyl (C=O) groups is 2. The molecule has 0 bridgehead atoms. The SMILES string of the molecule is Cc1nn(C)c(C(=O)NCC(N)=O)c1N. The van der Waals surface area contributed by atoms with Crippen LogP contribution in [0.5, 0.6) is 0 Å². The first-order chi connectivity index (χ1) is 6.93. The van der Waals surface area contributed by atoms with Crippen molar-refractivity contribution in [2.45, 2.75) is 6.92 Å². The van der Waals surface area contributed by atoms with Crippen LogP contribution in [0.4, 0.5) is 5.69 Å². The van der Waals surface area contributed by atoms with Crippen LogP contribution in [0.25, 0.3) is 0 Å². The monoisotopic (exact) mass is 211 g/mol. The molecular formula is C8H13N5O2. The fraction of sp³-hybridized carbons (Fsp3) is 0.375. The van der Waals surface area contributed by atoms with E-state index in [4.69, 9.17) is 11.5 Å². The quantitative estimate of drug-likeness (QED) is 0.565. The summed E-state index contributed by atoms with van der Waals surface area (Å²) in [4.78, 5) is 22.0. The van der Waals surface area contributed by atoms with Crippen molar-refractivity contribution in [2.75, 3.05) is 12.3 Å². The van der Waals surface area contributed by atoms with E-state index in [0.29, 0.717) is 11.4 Å². The zero-order chi connectivity index (χ0) is 11.6. The van der Waals surface area contributed by atoms with Gasteiger partial charge in [-0.3, -0.25) is 14.3 Å². The molecule has 1 heterocycles. The summed E-state index contributed by atoms with van der Waals surface area (Å²) in [7, 11) is 1.60. The number of anilines is 1. The molecule has 0 atom stereocenters. The number of aryl methyl sites for hydroxylation is 2. The molecule has 0 aliphatic carbocycles. The summed E-state index contributed by atoms with van der Waals surface area (Å²) in [6.07, 6.45) is 0. The first-order valence-corrected chi connectivity index (χ1v) is 4.29. The summed E-state index contributed by atoms with van der Waals surface area (Å²) in [5, 5.41) is 6.31. The van der Waals surface area contributed by atoms with E-state index in [1.807, 2.05) is 0 Å². The molecule has 7 nitrogen and oxygen atoms in total. The summed E-state index contributed by atoms with van der Waals surface area (Å²) in [6, 6.07) is 0. The number of nitrogen functional groups attached to an aromatic ring is 1. The van der Waals surface area contributed by atoms with E-state index < -0.39 is 11.8 Å². The molecule has 0 spiro atoms. The Morgan fingerprint density at radius 2 is 2.13 bits per heavy atom. The molecule has 0 fully saturated rings. The summed E-state index contributed by atoms with van der Waals surface area (Å²) < 4.78 is 1.36. The van der Waals surface area contributed by atoms with E-state index in [1.165, 1.54) is 4.68 Å². The first-order valence-electron chi connectivity index (χ1n) is 4.29. The van der Waals surface area contributed by atoms with Gasteiger partial charge in [-0.2, -0.15) is 5.10 Å². The Labute approximate surface area is 86.4 Å². The van der Waals surface area contributed by atoms with E-state index >= 15 is 0 Å². The van der Waals surface area contributed by atoms with Gasteiger partial charge in [-0.15, -0.1) is 0 Å². The number of amides is 2. The van der Waals surface area contributed by atoms with Gasteiger partial charge in [0.05, 0.1) is 17.9 Å². The van der Waals surface area contributed by atoms with Gasteiger partial charge >= 0.3 is 0 Å². The van der Waals surface area contributed by atoms with Crippen LogP contribution in [0.15, 0.2) is 0 Å². The van der Waals surface area contributed by atoms with Crippen molar-refractivity contribution in [3.05, 3.63) is 11.4 Å². The van der Waals surface area contributed by atoms with Gasteiger partial charge in [0.2, 0.25) is 5.91 Å². The fourth-order valence-electron chi connectivity index (χ4n) is 1.19. The average Bonchev–Trinajstić information content (AvgIpc) is 2.37. The van der Waals surface area contributed by atoms with E-state index in [1.54, 1.807) is 14.0 Å². The molecule has 0 saturated carbocycles. The summed E-state index contributed by atoms with van der Waals surface area (Å²) >= 11 is 0. The highest BCUT2D eigenvalue weighted by Gasteiger charge is 2.17. The van der Waals surface area contributed by atoms with Gasteiger partial charge in [0.1, 0.15) is 5.69 Å². The maximum atomic E-state index is 11.5. The summed E-state index contributed by atoms with van der Waals surface area (Å²) in [5.74, 6) is -1.07. The number of carbonyl (C=O) groups excluding carboxylic acids is 2. The van der Waals surface area contributed by atoms with Gasteiger partial charge in [-0.25, -0.2) is 0 Å². The molecule has 0 saturated heterocycles. The van der Waals surface area contributed by atoms with Crippen molar-refractivity contribution in [1.29, 1.82) is 0 Å². The highest BCUT2D eigenvalue weighted by molar-refractivity contribution is 5.99. The number of nitrogens with one attached hydrogen (secondary N) is 1. The standard InChI is InChI=1S/C8H13N5O2/c1-4-6(10)7(13(2)12-4)8(15)11-3-5(9)14/h3,10H2,1-2H3,(H2,9,14)(H,11,15). The van der Waals surface area contributed by atoms with Gasteiger partial charge in [-0.1, -0.05) is 0 Å². The second-order valence-corrected chi connectivity index (χ2v) is 3.12. The van der Waals surface area contributed by atoms with Crippen LogP contribution in [-0.4, -0.2) is 28.1 Å². The van der Waals surface area contributed by atoms with Crippen molar-refractivity contribution in [1.82, 2.24) is 15.1 Å². The third kappa shape index (κ3) is 2.25. The van der Waals surface area contributed by atoms with Gasteiger partial charge in [-0.05, 0) is 6.92 Å². The Morgan fingerprint density at radius 1 is 1.53 bits per heavy atom. The zero-order valence-electron chi connectivity index (χ0n) is 8.57. The number of hydrogen-bond acceptors (Lipinski definition) is 4. The lowest BCUT2D eigenvalue weighted by atomic mass is 10.3. The van der Waals surface area contributed by atoms with E-state index in [9.17, 15) is 9.59 Å². The third-order valence-corrected chi connectivity index (χ3v) is 1.91. The zero-order valence-corrected chi connectivity index (χ0v) is 8.57. The molecule has 5 N–H and O–H groups in total. The van der Waals surface area contributed by atoms with Gasteiger partial charge in [0, 0.05) is 7.05 Å². The van der Waals surface area contributed by atoms with Crippen LogP contribution in [0.3, 0.4) is 0 Å². The largest absolute Gasteiger partial charge is 0.395 e. The lowest BCUT2D eigenvalue weighted by molar-refractivity contribution is -0.117. The lowest BCUT2D eigenvalue weighted by Gasteiger charge is -2.03. The van der Waals surface area contributed by atoms with Gasteiger partial charge in [0.25, 0.3) is 5.91 Å². The normalized spacial score (nSPS) is 10.0. The van der Waals surface area contributed by atoms with Crippen LogP contribution in [0.2, 0.25) is 0 Å². The molecule has 2 amide bonds. The number of primary amides is 1. The van der Waals surface area contributed by atoms with E-state index in [2.05, 4.69) is 10.4 Å². The molecular weight excluding hydrogens is 198 g/mol. The molecule has 7 heteroatoms. The highest BCUT2D eigenvalue weighted by atomic mass is 16.2. The van der Waals surface area contributed by atoms with Crippen LogP contribution >= 0.6 is 0 Å². The average molecular weight is 211 g/mol. The van der Waals surface area contributed by atoms with Crippen molar-refractivity contribution >= 4 is 17.5 Å². The molecule has 1 aromatic rings. The highest BCUT2D eigenvalue weighted by Crippen LogP contribution is 2.14. The molecule has 82 valence electrons. The second-order valence-electron chi connectivity index (χ2n) is 3.12. The van der Waals surface area contributed by atoms with Crippen molar-refractivity contribution in [2.24, 2.45) is 12.8 Å². The number of nitrogens with zero attached hydrogens (tertiary/aromatic N) is 2. The van der Waals surface area contributed by atoms with Gasteiger partial charge < -0.3 is 16.8 Å². The minimum atomic E-state index is -0.610. The molecule has 0 radical (unpaired) electrons.